The minimum Gasteiger partial charge on any atom is -0.507 e. The number of nitrogens with zero attached hydrogens (tertiary/aromatic N) is 2. The monoisotopic (exact) mass is 371 g/mol. The molecule has 1 aromatic heterocycles. The van der Waals surface area contributed by atoms with Crippen molar-refractivity contribution in [3.63, 3.8) is 0 Å². The first-order valence-corrected chi connectivity index (χ1v) is 9.49. The topological polar surface area (TPSA) is 61.3 Å². The molecule has 3 aromatic carbocycles. The first-order chi connectivity index (χ1) is 13.6. The van der Waals surface area contributed by atoms with Gasteiger partial charge in [-0.2, -0.15) is 0 Å². The van der Waals surface area contributed by atoms with Crippen molar-refractivity contribution in [1.29, 1.82) is 0 Å². The van der Waals surface area contributed by atoms with E-state index >= 15 is 0 Å². The number of nitrogens with one attached hydrogen (secondary N) is 1. The van der Waals surface area contributed by atoms with E-state index in [1.54, 1.807) is 6.21 Å². The number of hydrogen-bond donors (Lipinski definition) is 2. The third kappa shape index (κ3) is 4.12. The van der Waals surface area contributed by atoms with Gasteiger partial charge < -0.3 is 10.1 Å². The van der Waals surface area contributed by atoms with E-state index in [0.717, 1.165) is 44.8 Å². The van der Waals surface area contributed by atoms with E-state index in [1.165, 1.54) is 0 Å². The summed E-state index contributed by atoms with van der Waals surface area (Å²) in [7, 11) is 0. The van der Waals surface area contributed by atoms with Crippen LogP contribution in [0.4, 0.5) is 5.69 Å². The SMILES string of the molecule is CC.Cc1cc(C)c(O)c(C=Nc2ccc3nc(-c4ccccc4)[nH]c3c2)c1. The molecule has 0 unspecified atom stereocenters. The quantitative estimate of drug-likeness (QED) is 0.413. The molecule has 0 amide bonds. The molecule has 4 nitrogen and oxygen atoms in total. The Morgan fingerprint density at radius 1 is 0.964 bits per heavy atom. The van der Waals surface area contributed by atoms with Crippen LogP contribution in [0.1, 0.15) is 30.5 Å². The molecule has 0 bridgehead atoms. The summed E-state index contributed by atoms with van der Waals surface area (Å²) in [6.07, 6.45) is 1.70. The van der Waals surface area contributed by atoms with Crippen molar-refractivity contribution < 1.29 is 5.11 Å². The lowest BCUT2D eigenvalue weighted by Gasteiger charge is -2.04. The summed E-state index contributed by atoms with van der Waals surface area (Å²) in [5.74, 6) is 1.11. The third-order valence-electron chi connectivity index (χ3n) is 4.34. The van der Waals surface area contributed by atoms with Gasteiger partial charge in [0.1, 0.15) is 11.6 Å². The normalized spacial score (nSPS) is 10.9. The Balaban J connectivity index is 0.00000109. The minimum atomic E-state index is 0.272. The molecule has 1 heterocycles. The second-order valence-corrected chi connectivity index (χ2v) is 6.43. The number of H-pyrrole nitrogens is 1. The zero-order chi connectivity index (χ0) is 20.1. The molecular formula is C24H25N3O. The Bertz CT molecular complexity index is 1110. The van der Waals surface area contributed by atoms with E-state index in [4.69, 9.17) is 0 Å². The molecule has 28 heavy (non-hydrogen) atoms. The molecule has 4 aromatic rings. The van der Waals surface area contributed by atoms with Gasteiger partial charge in [0, 0.05) is 17.3 Å². The first-order valence-electron chi connectivity index (χ1n) is 9.49. The van der Waals surface area contributed by atoms with E-state index in [9.17, 15) is 5.11 Å². The molecule has 4 rings (SSSR count). The summed E-state index contributed by atoms with van der Waals surface area (Å²) >= 11 is 0. The molecule has 0 saturated carbocycles. The van der Waals surface area contributed by atoms with Crippen LogP contribution in [0.15, 0.2) is 65.7 Å². The van der Waals surface area contributed by atoms with Crippen LogP contribution < -0.4 is 0 Å². The molecule has 0 aliphatic rings. The summed E-state index contributed by atoms with van der Waals surface area (Å²) in [4.78, 5) is 12.5. The summed E-state index contributed by atoms with van der Waals surface area (Å²) < 4.78 is 0. The highest BCUT2D eigenvalue weighted by molar-refractivity contribution is 5.88. The number of aryl methyl sites for hydroxylation is 2. The molecule has 4 heteroatoms. The number of rotatable bonds is 3. The number of phenolic OH excluding ortho intramolecular Hbond substituents is 1. The number of aromatic nitrogens is 2. The van der Waals surface area contributed by atoms with Crippen LogP contribution in [0.2, 0.25) is 0 Å². The number of fused-ring (bicyclic) bond motifs is 1. The van der Waals surface area contributed by atoms with Gasteiger partial charge in [-0.3, -0.25) is 4.99 Å². The largest absolute Gasteiger partial charge is 0.507 e. The van der Waals surface area contributed by atoms with E-state index in [-0.39, 0.29) is 5.75 Å². The van der Waals surface area contributed by atoms with E-state index < -0.39 is 0 Å². The zero-order valence-corrected chi connectivity index (χ0v) is 16.7. The van der Waals surface area contributed by atoms with E-state index in [0.29, 0.717) is 0 Å². The maximum Gasteiger partial charge on any atom is 0.138 e. The molecule has 0 spiro atoms. The van der Waals surface area contributed by atoms with Crippen LogP contribution >= 0.6 is 0 Å². The standard InChI is InChI=1S/C22H19N3O.C2H6/c1-14-10-15(2)21(26)17(11-14)13-23-18-8-9-19-20(12-18)25-22(24-19)16-6-4-3-5-7-16;1-2/h3-13,26H,1-2H3,(H,24,25);1-2H3. The Labute approximate surface area is 165 Å². The van der Waals surface area contributed by atoms with Crippen LogP contribution in [0, 0.1) is 13.8 Å². The fourth-order valence-electron chi connectivity index (χ4n) is 3.05. The fourth-order valence-corrected chi connectivity index (χ4v) is 3.05. The maximum atomic E-state index is 10.2. The van der Waals surface area contributed by atoms with Gasteiger partial charge in [-0.05, 0) is 49.2 Å². The van der Waals surface area contributed by atoms with Gasteiger partial charge in [0.25, 0.3) is 0 Å². The number of imidazole rings is 1. The smallest absolute Gasteiger partial charge is 0.138 e. The van der Waals surface area contributed by atoms with Crippen molar-refractivity contribution in [2.24, 2.45) is 4.99 Å². The number of aromatic hydroxyl groups is 1. The number of aromatic amines is 1. The first kappa shape index (κ1) is 19.4. The molecule has 0 saturated heterocycles. The Morgan fingerprint density at radius 3 is 2.46 bits per heavy atom. The minimum absolute atomic E-state index is 0.272. The van der Waals surface area contributed by atoms with Crippen molar-refractivity contribution in [2.75, 3.05) is 0 Å². The van der Waals surface area contributed by atoms with Crippen molar-refractivity contribution >= 4 is 22.9 Å². The molecule has 0 radical (unpaired) electrons. The van der Waals surface area contributed by atoms with Gasteiger partial charge in [-0.25, -0.2) is 4.98 Å². The van der Waals surface area contributed by atoms with Crippen LogP contribution in [-0.2, 0) is 0 Å². The van der Waals surface area contributed by atoms with Gasteiger partial charge in [0.05, 0.1) is 16.7 Å². The number of hydrogen-bond acceptors (Lipinski definition) is 3. The van der Waals surface area contributed by atoms with Crippen molar-refractivity contribution in [2.45, 2.75) is 27.7 Å². The van der Waals surface area contributed by atoms with E-state index in [1.807, 2.05) is 88.4 Å². The summed E-state index contributed by atoms with van der Waals surface area (Å²) in [6, 6.07) is 19.7. The number of aliphatic imine (C=N–C) groups is 1. The van der Waals surface area contributed by atoms with E-state index in [2.05, 4.69) is 15.0 Å². The Hall–Kier alpha value is -3.40. The average molecular weight is 371 g/mol. The summed E-state index contributed by atoms with van der Waals surface area (Å²) in [6.45, 7) is 7.90. The van der Waals surface area contributed by atoms with Crippen molar-refractivity contribution in [3.8, 4) is 17.1 Å². The lowest BCUT2D eigenvalue weighted by Crippen LogP contribution is -1.87. The van der Waals surface area contributed by atoms with Crippen LogP contribution in [-0.4, -0.2) is 21.3 Å². The van der Waals surface area contributed by atoms with Crippen molar-refractivity contribution in [1.82, 2.24) is 9.97 Å². The highest BCUT2D eigenvalue weighted by atomic mass is 16.3. The fraction of sp³-hybridized carbons (Fsp3) is 0.167. The maximum absolute atomic E-state index is 10.2. The number of benzene rings is 3. The molecule has 0 fully saturated rings. The molecule has 0 aliphatic carbocycles. The molecule has 0 atom stereocenters. The predicted molar refractivity (Wildman–Crippen MR) is 118 cm³/mol. The molecular weight excluding hydrogens is 346 g/mol. The van der Waals surface area contributed by atoms with Gasteiger partial charge in [0.2, 0.25) is 0 Å². The predicted octanol–water partition coefficient (Wildman–Crippen LogP) is 6.33. The van der Waals surface area contributed by atoms with Gasteiger partial charge in [0.15, 0.2) is 0 Å². The Kier molecular flexibility index (Phi) is 5.90. The molecule has 142 valence electrons. The molecule has 2 N–H and O–H groups in total. The molecule has 0 aliphatic heterocycles. The zero-order valence-electron chi connectivity index (χ0n) is 16.7. The second kappa shape index (κ2) is 8.53. The number of phenols is 1. The summed E-state index contributed by atoms with van der Waals surface area (Å²) in [5, 5.41) is 10.2. The van der Waals surface area contributed by atoms with Gasteiger partial charge in [-0.1, -0.05) is 50.2 Å². The Morgan fingerprint density at radius 2 is 1.71 bits per heavy atom. The van der Waals surface area contributed by atoms with Crippen molar-refractivity contribution in [3.05, 3.63) is 77.4 Å². The highest BCUT2D eigenvalue weighted by Gasteiger charge is 2.06. The second-order valence-electron chi connectivity index (χ2n) is 6.43. The van der Waals surface area contributed by atoms with Crippen LogP contribution in [0.5, 0.6) is 5.75 Å². The highest BCUT2D eigenvalue weighted by Crippen LogP contribution is 2.26. The third-order valence-corrected chi connectivity index (χ3v) is 4.34. The van der Waals surface area contributed by atoms with Gasteiger partial charge >= 0.3 is 0 Å². The van der Waals surface area contributed by atoms with Crippen LogP contribution in [0.25, 0.3) is 22.4 Å². The average Bonchev–Trinajstić information content (AvgIpc) is 3.15. The lowest BCUT2D eigenvalue weighted by atomic mass is 10.1. The van der Waals surface area contributed by atoms with Crippen LogP contribution in [0.3, 0.4) is 0 Å². The van der Waals surface area contributed by atoms with Gasteiger partial charge in [-0.15, -0.1) is 0 Å². The summed E-state index contributed by atoms with van der Waals surface area (Å²) in [5.41, 5.74) is 6.35. The lowest BCUT2D eigenvalue weighted by molar-refractivity contribution is 0.470.